The lowest BCUT2D eigenvalue weighted by atomic mass is 10.1. The van der Waals surface area contributed by atoms with Crippen LogP contribution in [0.5, 0.6) is 11.5 Å². The van der Waals surface area contributed by atoms with E-state index in [0.29, 0.717) is 28.9 Å². The van der Waals surface area contributed by atoms with E-state index in [4.69, 9.17) is 21.1 Å². The van der Waals surface area contributed by atoms with Gasteiger partial charge in [0, 0.05) is 16.7 Å². The number of hydrogen-bond donors (Lipinski definition) is 1. The fourth-order valence-electron chi connectivity index (χ4n) is 2.71. The lowest BCUT2D eigenvalue weighted by molar-refractivity contribution is -0.115. The molecule has 0 aliphatic carbocycles. The van der Waals surface area contributed by atoms with Gasteiger partial charge in [0.1, 0.15) is 17.3 Å². The predicted molar refractivity (Wildman–Crippen MR) is 105 cm³/mol. The molecule has 1 aromatic heterocycles. The van der Waals surface area contributed by atoms with E-state index in [0.717, 1.165) is 11.1 Å². The molecule has 0 spiro atoms. The number of halogens is 1. The van der Waals surface area contributed by atoms with Crippen molar-refractivity contribution in [3.63, 3.8) is 0 Å². The second-order valence-corrected chi connectivity index (χ2v) is 6.34. The minimum atomic E-state index is -0.167. The van der Waals surface area contributed by atoms with Crippen molar-refractivity contribution < 1.29 is 14.3 Å². The van der Waals surface area contributed by atoms with Gasteiger partial charge in [0.2, 0.25) is 5.91 Å². The van der Waals surface area contributed by atoms with Crippen LogP contribution >= 0.6 is 11.6 Å². The van der Waals surface area contributed by atoms with Gasteiger partial charge in [-0.2, -0.15) is 5.10 Å². The highest BCUT2D eigenvalue weighted by Crippen LogP contribution is 2.24. The number of anilines is 1. The van der Waals surface area contributed by atoms with Crippen LogP contribution < -0.4 is 14.8 Å². The molecule has 0 aliphatic heterocycles. The molecule has 1 amide bonds. The highest BCUT2D eigenvalue weighted by molar-refractivity contribution is 6.30. The highest BCUT2D eigenvalue weighted by Gasteiger charge is 2.13. The van der Waals surface area contributed by atoms with Crippen molar-refractivity contribution in [1.29, 1.82) is 0 Å². The molecule has 1 heterocycles. The third-order valence-electron chi connectivity index (χ3n) is 4.07. The van der Waals surface area contributed by atoms with Gasteiger partial charge in [-0.15, -0.1) is 0 Å². The van der Waals surface area contributed by atoms with Crippen LogP contribution in [0.4, 0.5) is 5.82 Å². The Bertz CT molecular complexity index is 922. The molecule has 0 fully saturated rings. The second kappa shape index (κ2) is 8.60. The number of aromatic nitrogens is 2. The van der Waals surface area contributed by atoms with Gasteiger partial charge < -0.3 is 14.8 Å². The molecule has 6 nitrogen and oxygen atoms in total. The van der Waals surface area contributed by atoms with Crippen molar-refractivity contribution in [3.8, 4) is 11.5 Å². The first kappa shape index (κ1) is 18.8. The summed E-state index contributed by atoms with van der Waals surface area (Å²) >= 11 is 5.92. The number of methoxy groups -OCH3 is 2. The highest BCUT2D eigenvalue weighted by atomic mass is 35.5. The summed E-state index contributed by atoms with van der Waals surface area (Å²) in [6.45, 7) is 0.530. The molecule has 0 aliphatic rings. The van der Waals surface area contributed by atoms with Crippen LogP contribution in [0.2, 0.25) is 5.02 Å². The molecule has 140 valence electrons. The van der Waals surface area contributed by atoms with Gasteiger partial charge in [0.05, 0.1) is 33.4 Å². The van der Waals surface area contributed by atoms with E-state index in [-0.39, 0.29) is 12.3 Å². The van der Waals surface area contributed by atoms with Gasteiger partial charge in [0.15, 0.2) is 0 Å². The number of nitrogens with zero attached hydrogens (tertiary/aromatic N) is 2. The quantitative estimate of drug-likeness (QED) is 0.672. The van der Waals surface area contributed by atoms with Gasteiger partial charge in [-0.1, -0.05) is 23.7 Å². The molecule has 0 saturated heterocycles. The summed E-state index contributed by atoms with van der Waals surface area (Å²) in [5.74, 6) is 1.77. The van der Waals surface area contributed by atoms with E-state index in [2.05, 4.69) is 10.4 Å². The van der Waals surface area contributed by atoms with E-state index in [1.165, 1.54) is 0 Å². The Balaban J connectivity index is 1.70. The average Bonchev–Trinajstić information content (AvgIpc) is 3.10. The summed E-state index contributed by atoms with van der Waals surface area (Å²) in [6, 6.07) is 14.6. The summed E-state index contributed by atoms with van der Waals surface area (Å²) in [5.41, 5.74) is 1.78. The van der Waals surface area contributed by atoms with E-state index in [1.807, 2.05) is 24.3 Å². The molecule has 2 aromatic carbocycles. The number of ether oxygens (including phenoxy) is 2. The summed E-state index contributed by atoms with van der Waals surface area (Å²) in [5, 5.41) is 7.86. The maximum atomic E-state index is 12.5. The molecule has 1 N–H and O–H groups in total. The van der Waals surface area contributed by atoms with Crippen molar-refractivity contribution in [2.24, 2.45) is 0 Å². The number of hydrogen-bond acceptors (Lipinski definition) is 4. The van der Waals surface area contributed by atoms with Gasteiger partial charge in [-0.05, 0) is 35.9 Å². The molecule has 3 aromatic rings. The van der Waals surface area contributed by atoms with Gasteiger partial charge >= 0.3 is 0 Å². The normalized spacial score (nSPS) is 10.5. The SMILES string of the molecule is COc1ccc(OC)c(CC(=O)Nc2ccnn2Cc2ccc(Cl)cc2)c1. The number of benzene rings is 2. The first-order valence-corrected chi connectivity index (χ1v) is 8.74. The van der Waals surface area contributed by atoms with Crippen LogP contribution in [0.25, 0.3) is 0 Å². The predicted octanol–water partition coefficient (Wildman–Crippen LogP) is 3.78. The summed E-state index contributed by atoms with van der Waals surface area (Å²) < 4.78 is 12.3. The summed E-state index contributed by atoms with van der Waals surface area (Å²) in [4.78, 5) is 12.5. The molecule has 7 heteroatoms. The minimum Gasteiger partial charge on any atom is -0.497 e. The third-order valence-corrected chi connectivity index (χ3v) is 4.32. The first-order chi connectivity index (χ1) is 13.1. The van der Waals surface area contributed by atoms with E-state index < -0.39 is 0 Å². The second-order valence-electron chi connectivity index (χ2n) is 5.90. The molecule has 27 heavy (non-hydrogen) atoms. The lowest BCUT2D eigenvalue weighted by Crippen LogP contribution is -2.18. The molecule has 3 rings (SSSR count). The summed E-state index contributed by atoms with van der Waals surface area (Å²) in [7, 11) is 3.16. The number of nitrogens with one attached hydrogen (secondary N) is 1. The van der Waals surface area contributed by atoms with E-state index in [1.54, 1.807) is 49.4 Å². The van der Waals surface area contributed by atoms with Gasteiger partial charge in [0.25, 0.3) is 0 Å². The Hall–Kier alpha value is -2.99. The number of amides is 1. The Morgan fingerprint density at radius 2 is 1.89 bits per heavy atom. The largest absolute Gasteiger partial charge is 0.497 e. The van der Waals surface area contributed by atoms with Crippen LogP contribution in [0, 0.1) is 0 Å². The van der Waals surface area contributed by atoms with Crippen molar-refractivity contribution in [2.45, 2.75) is 13.0 Å². The monoisotopic (exact) mass is 385 g/mol. The van der Waals surface area contributed by atoms with Crippen LogP contribution in [-0.4, -0.2) is 29.9 Å². The van der Waals surface area contributed by atoms with Crippen LogP contribution in [-0.2, 0) is 17.8 Å². The summed E-state index contributed by atoms with van der Waals surface area (Å²) in [6.07, 6.45) is 1.81. The van der Waals surface area contributed by atoms with Crippen molar-refractivity contribution in [3.05, 3.63) is 70.9 Å². The van der Waals surface area contributed by atoms with Crippen molar-refractivity contribution >= 4 is 23.3 Å². The maximum absolute atomic E-state index is 12.5. The molecule has 0 unspecified atom stereocenters. The minimum absolute atomic E-state index is 0.159. The number of rotatable bonds is 7. The Morgan fingerprint density at radius 1 is 1.11 bits per heavy atom. The zero-order valence-corrected chi connectivity index (χ0v) is 15.9. The molecule has 0 atom stereocenters. The van der Waals surface area contributed by atoms with Gasteiger partial charge in [-0.3, -0.25) is 4.79 Å². The lowest BCUT2D eigenvalue weighted by Gasteiger charge is -2.12. The fourth-order valence-corrected chi connectivity index (χ4v) is 2.83. The Kier molecular flexibility index (Phi) is 5.98. The van der Waals surface area contributed by atoms with E-state index >= 15 is 0 Å². The Labute approximate surface area is 162 Å². The molecular formula is C20H20ClN3O3. The van der Waals surface area contributed by atoms with Gasteiger partial charge in [-0.25, -0.2) is 4.68 Å². The third kappa shape index (κ3) is 4.80. The van der Waals surface area contributed by atoms with Crippen molar-refractivity contribution in [2.75, 3.05) is 19.5 Å². The number of carbonyl (C=O) groups excluding carboxylic acids is 1. The van der Waals surface area contributed by atoms with Crippen LogP contribution in [0.15, 0.2) is 54.7 Å². The zero-order valence-electron chi connectivity index (χ0n) is 15.1. The standard InChI is InChI=1S/C20H20ClN3O3/c1-26-17-7-8-18(27-2)15(11-17)12-20(25)23-19-9-10-22-24(19)13-14-3-5-16(21)6-4-14/h3-11H,12-13H2,1-2H3,(H,23,25). The molecule has 0 saturated carbocycles. The fraction of sp³-hybridized carbons (Fsp3) is 0.200. The first-order valence-electron chi connectivity index (χ1n) is 8.36. The smallest absolute Gasteiger partial charge is 0.230 e. The molecular weight excluding hydrogens is 366 g/mol. The topological polar surface area (TPSA) is 65.4 Å². The Morgan fingerprint density at radius 3 is 2.59 bits per heavy atom. The molecule has 0 bridgehead atoms. The number of carbonyl (C=O) groups is 1. The molecule has 0 radical (unpaired) electrons. The maximum Gasteiger partial charge on any atom is 0.230 e. The van der Waals surface area contributed by atoms with Crippen molar-refractivity contribution in [1.82, 2.24) is 9.78 Å². The zero-order chi connectivity index (χ0) is 19.2. The average molecular weight is 386 g/mol. The van der Waals surface area contributed by atoms with Crippen LogP contribution in [0.1, 0.15) is 11.1 Å². The van der Waals surface area contributed by atoms with Crippen LogP contribution in [0.3, 0.4) is 0 Å². The van der Waals surface area contributed by atoms with E-state index in [9.17, 15) is 4.79 Å².